The predicted octanol–water partition coefficient (Wildman–Crippen LogP) is 7.18. The summed E-state index contributed by atoms with van der Waals surface area (Å²) in [5.41, 5.74) is 3.01. The molecule has 4 aromatic rings. The molecule has 0 aliphatic carbocycles. The van der Waals surface area contributed by atoms with E-state index in [4.69, 9.17) is 13.9 Å². The number of hydrogen-bond acceptors (Lipinski definition) is 4. The minimum absolute atomic E-state index is 0.253. The highest BCUT2D eigenvalue weighted by atomic mass is 19.4. The number of furan rings is 1. The highest BCUT2D eigenvalue weighted by Gasteiger charge is 2.30. The van der Waals surface area contributed by atoms with Crippen LogP contribution in [0.3, 0.4) is 0 Å². The van der Waals surface area contributed by atoms with E-state index in [-0.39, 0.29) is 5.69 Å². The average Bonchev–Trinajstić information content (AvgIpc) is 3.25. The number of fused-ring (bicyclic) bond motifs is 1. The first-order valence-electron chi connectivity index (χ1n) is 10.6. The van der Waals surface area contributed by atoms with Crippen LogP contribution in [0.5, 0.6) is 11.5 Å². The maximum atomic E-state index is 12.8. The van der Waals surface area contributed by atoms with E-state index in [9.17, 15) is 18.0 Å². The number of ether oxygens (including phenoxy) is 2. The van der Waals surface area contributed by atoms with Crippen molar-refractivity contribution < 1.29 is 31.9 Å². The third-order valence-electron chi connectivity index (χ3n) is 5.54. The number of alkyl halides is 3. The second kappa shape index (κ2) is 9.58. The van der Waals surface area contributed by atoms with Crippen LogP contribution < -0.4 is 14.8 Å². The molecule has 0 aliphatic rings. The second-order valence-electron chi connectivity index (χ2n) is 7.79. The van der Waals surface area contributed by atoms with Gasteiger partial charge in [-0.05, 0) is 48.9 Å². The number of carbonyl (C=O) groups excluding carboxylic acids is 1. The molecule has 35 heavy (non-hydrogen) atoms. The van der Waals surface area contributed by atoms with Crippen LogP contribution >= 0.6 is 0 Å². The monoisotopic (exact) mass is 481 g/mol. The molecular formula is C27H22F3NO4. The van der Waals surface area contributed by atoms with Gasteiger partial charge in [-0.25, -0.2) is 0 Å². The Morgan fingerprint density at radius 1 is 0.943 bits per heavy atom. The number of para-hydroxylation sites is 1. The molecule has 0 spiro atoms. The number of hydrogen-bond donors (Lipinski definition) is 1. The fourth-order valence-corrected chi connectivity index (χ4v) is 3.80. The summed E-state index contributed by atoms with van der Waals surface area (Å²) < 4.78 is 55.0. The number of carbonyl (C=O) groups is 1. The Kier molecular flexibility index (Phi) is 6.55. The van der Waals surface area contributed by atoms with Crippen LogP contribution in [0.4, 0.5) is 18.9 Å². The van der Waals surface area contributed by atoms with Crippen molar-refractivity contribution in [2.75, 3.05) is 19.5 Å². The summed E-state index contributed by atoms with van der Waals surface area (Å²) >= 11 is 0. The molecule has 1 amide bonds. The molecule has 4 rings (SSSR count). The Bertz CT molecular complexity index is 1400. The van der Waals surface area contributed by atoms with Gasteiger partial charge in [0.1, 0.15) is 17.1 Å². The van der Waals surface area contributed by atoms with Gasteiger partial charge in [0.05, 0.1) is 26.0 Å². The van der Waals surface area contributed by atoms with Gasteiger partial charge in [-0.15, -0.1) is 0 Å². The van der Waals surface area contributed by atoms with Crippen molar-refractivity contribution in [3.05, 3.63) is 84.1 Å². The molecule has 0 bridgehead atoms. The smallest absolute Gasteiger partial charge is 0.416 e. The zero-order valence-corrected chi connectivity index (χ0v) is 19.2. The molecule has 5 nitrogen and oxygen atoms in total. The van der Waals surface area contributed by atoms with E-state index < -0.39 is 17.6 Å². The number of anilines is 1. The SMILES string of the molecule is COc1cc2occ(-c3ccccc3OC)c2cc1/C(C)=C/C(=O)Nc1ccc(C(F)(F)F)cc1. The second-order valence-corrected chi connectivity index (χ2v) is 7.79. The largest absolute Gasteiger partial charge is 0.496 e. The molecule has 1 aromatic heterocycles. The Morgan fingerprint density at radius 2 is 1.63 bits per heavy atom. The van der Waals surface area contributed by atoms with E-state index in [0.29, 0.717) is 28.2 Å². The van der Waals surface area contributed by atoms with E-state index in [1.54, 1.807) is 26.4 Å². The highest BCUT2D eigenvalue weighted by molar-refractivity contribution is 6.05. The van der Waals surface area contributed by atoms with Gasteiger partial charge in [0, 0.05) is 39.9 Å². The minimum Gasteiger partial charge on any atom is -0.496 e. The summed E-state index contributed by atoms with van der Waals surface area (Å²) in [7, 11) is 3.11. The maximum Gasteiger partial charge on any atom is 0.416 e. The number of amides is 1. The summed E-state index contributed by atoms with van der Waals surface area (Å²) in [5, 5.41) is 3.39. The lowest BCUT2D eigenvalue weighted by Crippen LogP contribution is -2.10. The fraction of sp³-hybridized carbons (Fsp3) is 0.148. The van der Waals surface area contributed by atoms with Crippen LogP contribution in [0.25, 0.3) is 27.7 Å². The van der Waals surface area contributed by atoms with Gasteiger partial charge in [0.25, 0.3) is 0 Å². The third kappa shape index (κ3) is 5.01. The number of allylic oxidation sites excluding steroid dienone is 1. The normalized spacial score (nSPS) is 12.0. The van der Waals surface area contributed by atoms with Gasteiger partial charge in [0.15, 0.2) is 0 Å². The zero-order valence-electron chi connectivity index (χ0n) is 19.2. The predicted molar refractivity (Wildman–Crippen MR) is 128 cm³/mol. The molecule has 0 radical (unpaired) electrons. The summed E-state index contributed by atoms with van der Waals surface area (Å²) in [6, 6.07) is 15.4. The van der Waals surface area contributed by atoms with Crippen LogP contribution in [-0.2, 0) is 11.0 Å². The number of nitrogens with one attached hydrogen (secondary N) is 1. The number of methoxy groups -OCH3 is 2. The average molecular weight is 481 g/mol. The van der Waals surface area contributed by atoms with Crippen molar-refractivity contribution in [2.24, 2.45) is 0 Å². The Balaban J connectivity index is 1.66. The Morgan fingerprint density at radius 3 is 2.29 bits per heavy atom. The molecule has 0 atom stereocenters. The van der Waals surface area contributed by atoms with Crippen LogP contribution in [0.2, 0.25) is 0 Å². The first-order chi connectivity index (χ1) is 16.7. The topological polar surface area (TPSA) is 60.7 Å². The molecule has 1 N–H and O–H groups in total. The van der Waals surface area contributed by atoms with Crippen molar-refractivity contribution in [3.63, 3.8) is 0 Å². The molecular weight excluding hydrogens is 459 g/mol. The van der Waals surface area contributed by atoms with Crippen molar-refractivity contribution >= 4 is 28.1 Å². The summed E-state index contributed by atoms with van der Waals surface area (Å²) in [6.07, 6.45) is -1.43. The lowest BCUT2D eigenvalue weighted by Gasteiger charge is -2.11. The van der Waals surface area contributed by atoms with Crippen LogP contribution in [0.15, 0.2) is 77.4 Å². The van der Waals surface area contributed by atoms with Gasteiger partial charge in [-0.2, -0.15) is 13.2 Å². The first-order valence-corrected chi connectivity index (χ1v) is 10.6. The van der Waals surface area contributed by atoms with Crippen LogP contribution in [0, 0.1) is 0 Å². The van der Waals surface area contributed by atoms with Gasteiger partial charge in [-0.1, -0.05) is 18.2 Å². The molecule has 0 unspecified atom stereocenters. The fourth-order valence-electron chi connectivity index (χ4n) is 3.80. The number of benzene rings is 3. The van der Waals surface area contributed by atoms with E-state index >= 15 is 0 Å². The number of rotatable bonds is 6. The quantitative estimate of drug-likeness (QED) is 0.297. The Hall–Kier alpha value is -4.20. The first kappa shape index (κ1) is 23.9. The van der Waals surface area contributed by atoms with E-state index in [0.717, 1.165) is 28.6 Å². The molecule has 3 aromatic carbocycles. The van der Waals surface area contributed by atoms with Crippen molar-refractivity contribution in [2.45, 2.75) is 13.1 Å². The van der Waals surface area contributed by atoms with E-state index in [2.05, 4.69) is 5.32 Å². The molecule has 8 heteroatoms. The summed E-state index contributed by atoms with van der Waals surface area (Å²) in [5.74, 6) is 0.715. The standard InChI is InChI=1S/C27H22F3NO4/c1-16(12-26(32)31-18-10-8-17(9-11-18)27(28,29)30)20-13-21-22(15-35-25(21)14-24(20)34-3)19-6-4-5-7-23(19)33-2/h4-15H,1-3H3,(H,31,32)/b16-12+. The van der Waals surface area contributed by atoms with Crippen molar-refractivity contribution in [3.8, 4) is 22.6 Å². The van der Waals surface area contributed by atoms with Gasteiger partial charge < -0.3 is 19.2 Å². The highest BCUT2D eigenvalue weighted by Crippen LogP contribution is 2.40. The zero-order chi connectivity index (χ0) is 25.2. The van der Waals surface area contributed by atoms with Crippen LogP contribution in [-0.4, -0.2) is 20.1 Å². The maximum absolute atomic E-state index is 12.8. The molecule has 0 saturated heterocycles. The number of halogens is 3. The lowest BCUT2D eigenvalue weighted by molar-refractivity contribution is -0.137. The van der Waals surface area contributed by atoms with Crippen LogP contribution in [0.1, 0.15) is 18.1 Å². The summed E-state index contributed by atoms with van der Waals surface area (Å²) in [4.78, 5) is 12.6. The summed E-state index contributed by atoms with van der Waals surface area (Å²) in [6.45, 7) is 1.75. The Labute approximate surface area is 199 Å². The minimum atomic E-state index is -4.44. The molecule has 0 fully saturated rings. The molecule has 180 valence electrons. The molecule has 1 heterocycles. The lowest BCUT2D eigenvalue weighted by atomic mass is 9.98. The van der Waals surface area contributed by atoms with E-state index in [1.165, 1.54) is 25.3 Å². The molecule has 0 saturated carbocycles. The van der Waals surface area contributed by atoms with E-state index in [1.807, 2.05) is 30.3 Å². The van der Waals surface area contributed by atoms with Gasteiger partial charge >= 0.3 is 6.18 Å². The van der Waals surface area contributed by atoms with Gasteiger partial charge in [-0.3, -0.25) is 4.79 Å². The molecule has 0 aliphatic heterocycles. The van der Waals surface area contributed by atoms with Gasteiger partial charge in [0.2, 0.25) is 5.91 Å². The van der Waals surface area contributed by atoms with Crippen molar-refractivity contribution in [1.82, 2.24) is 0 Å². The van der Waals surface area contributed by atoms with Crippen molar-refractivity contribution in [1.29, 1.82) is 0 Å². The third-order valence-corrected chi connectivity index (χ3v) is 5.54.